The van der Waals surface area contributed by atoms with Gasteiger partial charge in [-0.15, -0.1) is 5.10 Å². The molecule has 0 N–H and O–H groups in total. The van der Waals surface area contributed by atoms with Crippen molar-refractivity contribution in [2.45, 2.75) is 39.3 Å². The van der Waals surface area contributed by atoms with Crippen molar-refractivity contribution in [3.63, 3.8) is 0 Å². The Labute approximate surface area is 155 Å². The maximum absolute atomic E-state index is 13.1. The van der Waals surface area contributed by atoms with Crippen molar-refractivity contribution < 1.29 is 9.53 Å². The van der Waals surface area contributed by atoms with Crippen molar-refractivity contribution in [2.75, 3.05) is 13.2 Å². The van der Waals surface area contributed by atoms with Gasteiger partial charge in [0.1, 0.15) is 0 Å². The number of carbonyl (C=O) groups excluding carboxylic acids is 1. The summed E-state index contributed by atoms with van der Waals surface area (Å²) < 4.78 is 7.35. The normalized spacial score (nSPS) is 17.1. The van der Waals surface area contributed by atoms with Crippen molar-refractivity contribution in [1.29, 1.82) is 0 Å². The zero-order valence-electron chi connectivity index (χ0n) is 14.9. The van der Waals surface area contributed by atoms with E-state index < -0.39 is 0 Å². The number of thiophene rings is 1. The molecule has 0 aromatic carbocycles. The SMILES string of the molecule is Cc1cc(C)n2nc(C(=O)N(Cc3ccsc3)C[C@@H]3CCCO3)nc2n1. The van der Waals surface area contributed by atoms with E-state index in [1.165, 1.54) is 0 Å². The van der Waals surface area contributed by atoms with Gasteiger partial charge >= 0.3 is 0 Å². The third-order valence-electron chi connectivity index (χ3n) is 4.50. The molecule has 4 heterocycles. The molecule has 3 aromatic rings. The van der Waals surface area contributed by atoms with Crippen molar-refractivity contribution in [2.24, 2.45) is 0 Å². The van der Waals surface area contributed by atoms with Crippen LogP contribution in [0, 0.1) is 13.8 Å². The summed E-state index contributed by atoms with van der Waals surface area (Å²) in [5, 5.41) is 8.47. The molecule has 7 nitrogen and oxygen atoms in total. The zero-order chi connectivity index (χ0) is 18.1. The highest BCUT2D eigenvalue weighted by Crippen LogP contribution is 2.18. The summed E-state index contributed by atoms with van der Waals surface area (Å²) in [6.07, 6.45) is 2.10. The fourth-order valence-corrected chi connectivity index (χ4v) is 3.91. The highest BCUT2D eigenvalue weighted by molar-refractivity contribution is 7.07. The summed E-state index contributed by atoms with van der Waals surface area (Å²) in [4.78, 5) is 23.7. The summed E-state index contributed by atoms with van der Waals surface area (Å²) in [5.74, 6) is 0.451. The van der Waals surface area contributed by atoms with Gasteiger partial charge in [0.25, 0.3) is 11.7 Å². The molecule has 1 saturated heterocycles. The molecule has 3 aromatic heterocycles. The molecule has 1 aliphatic heterocycles. The number of rotatable bonds is 5. The van der Waals surface area contributed by atoms with Crippen LogP contribution >= 0.6 is 11.3 Å². The molecule has 136 valence electrons. The molecule has 0 spiro atoms. The Morgan fingerprint density at radius 1 is 1.42 bits per heavy atom. The first-order chi connectivity index (χ1) is 12.6. The van der Waals surface area contributed by atoms with E-state index in [-0.39, 0.29) is 17.8 Å². The summed E-state index contributed by atoms with van der Waals surface area (Å²) in [7, 11) is 0. The predicted octanol–water partition coefficient (Wildman–Crippen LogP) is 2.62. The monoisotopic (exact) mass is 371 g/mol. The van der Waals surface area contributed by atoms with Gasteiger partial charge in [-0.3, -0.25) is 4.79 Å². The van der Waals surface area contributed by atoms with Gasteiger partial charge in [0.05, 0.1) is 6.10 Å². The highest BCUT2D eigenvalue weighted by atomic mass is 32.1. The molecule has 0 radical (unpaired) electrons. The van der Waals surface area contributed by atoms with Gasteiger partial charge in [0.2, 0.25) is 5.82 Å². The number of nitrogens with zero attached hydrogens (tertiary/aromatic N) is 5. The van der Waals surface area contributed by atoms with E-state index >= 15 is 0 Å². The minimum absolute atomic E-state index is 0.0803. The number of aromatic nitrogens is 4. The average Bonchev–Trinajstić information content (AvgIpc) is 3.35. The van der Waals surface area contributed by atoms with Crippen molar-refractivity contribution >= 4 is 23.0 Å². The lowest BCUT2D eigenvalue weighted by Crippen LogP contribution is -2.37. The predicted molar refractivity (Wildman–Crippen MR) is 98.3 cm³/mol. The van der Waals surface area contributed by atoms with E-state index in [2.05, 4.69) is 20.4 Å². The third kappa shape index (κ3) is 3.47. The lowest BCUT2D eigenvalue weighted by atomic mass is 10.2. The van der Waals surface area contributed by atoms with E-state index in [0.717, 1.165) is 36.4 Å². The number of aryl methyl sites for hydroxylation is 2. The smallest absolute Gasteiger partial charge is 0.294 e. The first-order valence-corrected chi connectivity index (χ1v) is 9.67. The number of amides is 1. The van der Waals surface area contributed by atoms with E-state index in [4.69, 9.17) is 4.74 Å². The van der Waals surface area contributed by atoms with Gasteiger partial charge < -0.3 is 9.64 Å². The minimum atomic E-state index is -0.186. The first-order valence-electron chi connectivity index (χ1n) is 8.73. The van der Waals surface area contributed by atoms with Crippen LogP contribution in [-0.2, 0) is 11.3 Å². The van der Waals surface area contributed by atoms with Crippen LogP contribution in [0.2, 0.25) is 0 Å². The molecule has 1 amide bonds. The van der Waals surface area contributed by atoms with Crippen LogP contribution in [0.25, 0.3) is 5.78 Å². The fourth-order valence-electron chi connectivity index (χ4n) is 3.25. The van der Waals surface area contributed by atoms with Crippen LogP contribution in [0.3, 0.4) is 0 Å². The summed E-state index contributed by atoms with van der Waals surface area (Å²) >= 11 is 1.62. The van der Waals surface area contributed by atoms with Crippen molar-refractivity contribution in [1.82, 2.24) is 24.5 Å². The topological polar surface area (TPSA) is 72.6 Å². The van der Waals surface area contributed by atoms with Gasteiger partial charge in [-0.2, -0.15) is 16.3 Å². The Morgan fingerprint density at radius 3 is 3.04 bits per heavy atom. The molecule has 26 heavy (non-hydrogen) atoms. The molecule has 0 bridgehead atoms. The first kappa shape index (κ1) is 17.1. The van der Waals surface area contributed by atoms with E-state index in [1.54, 1.807) is 20.8 Å². The van der Waals surface area contributed by atoms with Gasteiger partial charge in [0, 0.05) is 31.1 Å². The second kappa shape index (κ2) is 7.13. The van der Waals surface area contributed by atoms with Gasteiger partial charge in [-0.25, -0.2) is 9.50 Å². The van der Waals surface area contributed by atoms with E-state index in [9.17, 15) is 4.79 Å². The largest absolute Gasteiger partial charge is 0.376 e. The van der Waals surface area contributed by atoms with Crippen LogP contribution in [0.5, 0.6) is 0 Å². The van der Waals surface area contributed by atoms with Crippen LogP contribution < -0.4 is 0 Å². The van der Waals surface area contributed by atoms with Crippen LogP contribution in [0.15, 0.2) is 22.9 Å². The van der Waals surface area contributed by atoms with E-state index in [1.807, 2.05) is 31.4 Å². The highest BCUT2D eigenvalue weighted by Gasteiger charge is 2.26. The van der Waals surface area contributed by atoms with Gasteiger partial charge in [-0.05, 0) is 55.1 Å². The zero-order valence-corrected chi connectivity index (χ0v) is 15.7. The fraction of sp³-hybridized carbons (Fsp3) is 0.444. The van der Waals surface area contributed by atoms with Crippen LogP contribution in [0.1, 0.15) is 40.4 Å². The quantitative estimate of drug-likeness (QED) is 0.689. The van der Waals surface area contributed by atoms with E-state index in [0.29, 0.717) is 18.9 Å². The molecular weight excluding hydrogens is 350 g/mol. The molecule has 0 saturated carbocycles. The number of hydrogen-bond acceptors (Lipinski definition) is 6. The summed E-state index contributed by atoms with van der Waals surface area (Å²) in [5.41, 5.74) is 2.87. The standard InChI is InChI=1S/C18H21N5O2S/c1-12-8-13(2)23-18(19-12)20-16(21-23)17(24)22(9-14-5-7-26-11-14)10-15-4-3-6-25-15/h5,7-8,11,15H,3-4,6,9-10H2,1-2H3/t15-/m0/s1. The number of hydrogen-bond donors (Lipinski definition) is 0. The molecular formula is C18H21N5O2S. The number of ether oxygens (including phenoxy) is 1. The van der Waals surface area contributed by atoms with Gasteiger partial charge in [0.15, 0.2) is 0 Å². The maximum atomic E-state index is 13.1. The lowest BCUT2D eigenvalue weighted by molar-refractivity contribution is 0.0498. The minimum Gasteiger partial charge on any atom is -0.376 e. The van der Waals surface area contributed by atoms with Crippen LogP contribution in [0.4, 0.5) is 0 Å². The number of carbonyl (C=O) groups is 1. The molecule has 4 rings (SSSR count). The Bertz CT molecular complexity index is 915. The lowest BCUT2D eigenvalue weighted by Gasteiger charge is -2.24. The average molecular weight is 371 g/mol. The molecule has 1 fully saturated rings. The Kier molecular flexibility index (Phi) is 4.69. The molecule has 8 heteroatoms. The number of fused-ring (bicyclic) bond motifs is 1. The van der Waals surface area contributed by atoms with Crippen molar-refractivity contribution in [3.05, 3.63) is 45.7 Å². The second-order valence-corrected chi connectivity index (χ2v) is 7.42. The molecule has 1 aliphatic rings. The van der Waals surface area contributed by atoms with Gasteiger partial charge in [-0.1, -0.05) is 0 Å². The Balaban J connectivity index is 1.63. The van der Waals surface area contributed by atoms with Crippen LogP contribution in [-0.4, -0.2) is 49.6 Å². The maximum Gasteiger partial charge on any atom is 0.294 e. The Hall–Kier alpha value is -2.32. The third-order valence-corrected chi connectivity index (χ3v) is 5.23. The van der Waals surface area contributed by atoms with Crippen molar-refractivity contribution in [3.8, 4) is 0 Å². The molecule has 1 atom stereocenters. The second-order valence-electron chi connectivity index (χ2n) is 6.64. The summed E-state index contributed by atoms with van der Waals surface area (Å²) in [6.45, 7) is 5.68. The summed E-state index contributed by atoms with van der Waals surface area (Å²) in [6, 6.07) is 3.96. The molecule has 0 aliphatic carbocycles. The Morgan fingerprint density at radius 2 is 2.31 bits per heavy atom. The molecule has 0 unspecified atom stereocenters.